The number of ether oxygens (including phenoxy) is 1. The number of fused-ring (bicyclic) bond motifs is 1. The highest BCUT2D eigenvalue weighted by Crippen LogP contribution is 2.31. The molecule has 0 aromatic carbocycles. The average Bonchev–Trinajstić information content (AvgIpc) is 3.00. The Hall–Kier alpha value is -1.91. The Morgan fingerprint density at radius 1 is 1.64 bits per heavy atom. The first kappa shape index (κ1) is 15.0. The number of imidazole rings is 1. The molecule has 1 saturated heterocycles. The van der Waals surface area contributed by atoms with Gasteiger partial charge in [-0.25, -0.2) is 4.98 Å². The molecule has 0 amide bonds. The van der Waals surface area contributed by atoms with E-state index in [4.69, 9.17) is 15.4 Å². The van der Waals surface area contributed by atoms with Gasteiger partial charge in [0.05, 0.1) is 12.4 Å². The van der Waals surface area contributed by atoms with Crippen LogP contribution in [0.15, 0.2) is 11.1 Å². The van der Waals surface area contributed by atoms with Crippen LogP contribution in [0.1, 0.15) is 12.6 Å². The van der Waals surface area contributed by atoms with Gasteiger partial charge in [-0.3, -0.25) is 14.3 Å². The van der Waals surface area contributed by atoms with Crippen LogP contribution in [0.3, 0.4) is 0 Å². The van der Waals surface area contributed by atoms with Crippen molar-refractivity contribution < 1.29 is 23.8 Å². The van der Waals surface area contributed by atoms with Gasteiger partial charge in [0, 0.05) is 11.0 Å². The first-order chi connectivity index (χ1) is 10.5. The van der Waals surface area contributed by atoms with Crippen molar-refractivity contribution in [2.75, 3.05) is 12.3 Å². The molecule has 0 spiro atoms. The number of aliphatic hydroxyl groups excluding tert-OH is 1. The highest BCUT2D eigenvalue weighted by atomic mass is 31.1. The van der Waals surface area contributed by atoms with E-state index in [0.717, 1.165) is 0 Å². The molecule has 1 unspecified atom stereocenters. The Bertz CT molecular complexity index is 775. The topological polar surface area (TPSA) is 166 Å². The van der Waals surface area contributed by atoms with Crippen molar-refractivity contribution in [1.29, 1.82) is 0 Å². The summed E-state index contributed by atoms with van der Waals surface area (Å²) in [4.78, 5) is 30.6. The summed E-state index contributed by atoms with van der Waals surface area (Å²) >= 11 is 0. The number of aromatic amines is 1. The molecule has 1 aliphatic heterocycles. The van der Waals surface area contributed by atoms with Gasteiger partial charge in [0.15, 0.2) is 17.4 Å². The lowest BCUT2D eigenvalue weighted by molar-refractivity contribution is -0.0459. The summed E-state index contributed by atoms with van der Waals surface area (Å²) < 4.78 is 22.1. The Balaban J connectivity index is 1.88. The van der Waals surface area contributed by atoms with Gasteiger partial charge < -0.3 is 15.6 Å². The second-order valence-electron chi connectivity index (χ2n) is 4.76. The lowest BCUT2D eigenvalue weighted by Crippen LogP contribution is -2.20. The first-order valence-corrected chi connectivity index (χ1v) is 7.43. The van der Waals surface area contributed by atoms with Gasteiger partial charge in [0.1, 0.15) is 12.7 Å². The predicted octanol–water partition coefficient (Wildman–Crippen LogP) is -0.984. The molecule has 22 heavy (non-hydrogen) atoms. The monoisotopic (exact) mass is 330 g/mol. The van der Waals surface area contributed by atoms with Crippen molar-refractivity contribution in [2.24, 2.45) is 0 Å². The normalized spacial score (nSPS) is 25.7. The number of aromatic nitrogens is 4. The number of anilines is 1. The van der Waals surface area contributed by atoms with Crippen LogP contribution < -0.4 is 11.3 Å². The summed E-state index contributed by atoms with van der Waals surface area (Å²) in [6.45, 7) is -0.137. The maximum Gasteiger partial charge on any atom is 0.694 e. The molecule has 1 aliphatic rings. The van der Waals surface area contributed by atoms with Crippen molar-refractivity contribution in [3.8, 4) is 0 Å². The Kier molecular flexibility index (Phi) is 3.89. The van der Waals surface area contributed by atoms with Gasteiger partial charge >= 0.3 is 8.25 Å². The van der Waals surface area contributed by atoms with Gasteiger partial charge in [-0.2, -0.15) is 4.98 Å². The fraction of sp³-hybridized carbons (Fsp3) is 0.500. The molecule has 0 bridgehead atoms. The molecule has 3 heterocycles. The van der Waals surface area contributed by atoms with E-state index in [-0.39, 0.29) is 30.1 Å². The molecular weight excluding hydrogens is 317 g/mol. The smallest absolute Gasteiger partial charge is 0.388 e. The van der Waals surface area contributed by atoms with Crippen molar-refractivity contribution >= 4 is 25.4 Å². The first-order valence-electron chi connectivity index (χ1n) is 6.30. The quantitative estimate of drug-likeness (QED) is 0.515. The van der Waals surface area contributed by atoms with E-state index in [1.807, 2.05) is 0 Å². The number of nitrogen functional groups attached to an aromatic ring is 1. The number of hydrogen-bond donors (Lipinski definition) is 4. The van der Waals surface area contributed by atoms with E-state index in [2.05, 4.69) is 19.5 Å². The predicted molar refractivity (Wildman–Crippen MR) is 72.9 cm³/mol. The fourth-order valence-corrected chi connectivity index (χ4v) is 2.66. The van der Waals surface area contributed by atoms with Gasteiger partial charge in [0.25, 0.3) is 5.56 Å². The van der Waals surface area contributed by atoms with Crippen molar-refractivity contribution in [1.82, 2.24) is 19.5 Å². The summed E-state index contributed by atoms with van der Waals surface area (Å²) in [5, 5.41) is 10.1. The molecule has 0 aliphatic carbocycles. The molecular formula is C10H13N5O6P+. The van der Waals surface area contributed by atoms with E-state index >= 15 is 0 Å². The van der Waals surface area contributed by atoms with E-state index in [1.54, 1.807) is 0 Å². The van der Waals surface area contributed by atoms with Crippen molar-refractivity contribution in [2.45, 2.75) is 24.9 Å². The molecule has 11 nitrogen and oxygen atoms in total. The van der Waals surface area contributed by atoms with Crippen LogP contribution in [0.2, 0.25) is 0 Å². The van der Waals surface area contributed by atoms with E-state index in [9.17, 15) is 14.5 Å². The number of hydrogen-bond acceptors (Lipinski definition) is 8. The van der Waals surface area contributed by atoms with Gasteiger partial charge in [-0.15, -0.1) is 9.42 Å². The summed E-state index contributed by atoms with van der Waals surface area (Å²) in [5.41, 5.74) is 5.26. The molecule has 12 heteroatoms. The molecule has 5 N–H and O–H groups in total. The number of nitrogens with zero attached hydrogens (tertiary/aromatic N) is 3. The maximum absolute atomic E-state index is 11.7. The van der Waals surface area contributed by atoms with Gasteiger partial charge in [0.2, 0.25) is 5.95 Å². The minimum absolute atomic E-state index is 0.0723. The maximum atomic E-state index is 11.7. The highest BCUT2D eigenvalue weighted by molar-refractivity contribution is 7.32. The van der Waals surface area contributed by atoms with E-state index in [0.29, 0.717) is 0 Å². The molecule has 0 saturated carbocycles. The number of rotatable bonds is 4. The third kappa shape index (κ3) is 2.72. The molecule has 3 rings (SSSR count). The minimum Gasteiger partial charge on any atom is -0.388 e. The minimum atomic E-state index is -2.73. The van der Waals surface area contributed by atoms with E-state index in [1.165, 1.54) is 10.9 Å². The molecule has 0 radical (unpaired) electrons. The van der Waals surface area contributed by atoms with Crippen LogP contribution in [0, 0.1) is 0 Å². The summed E-state index contributed by atoms with van der Waals surface area (Å²) in [5.74, 6) is -0.0797. The molecule has 2 aromatic rings. The third-order valence-corrected chi connectivity index (χ3v) is 3.63. The number of aliphatic hydroxyl groups is 1. The van der Waals surface area contributed by atoms with Gasteiger partial charge in [-0.1, -0.05) is 0 Å². The Morgan fingerprint density at radius 2 is 2.41 bits per heavy atom. The van der Waals surface area contributed by atoms with Crippen LogP contribution in [-0.2, 0) is 13.8 Å². The highest BCUT2D eigenvalue weighted by Gasteiger charge is 2.38. The average molecular weight is 330 g/mol. The van der Waals surface area contributed by atoms with E-state index < -0.39 is 32.2 Å². The Labute approximate surface area is 123 Å². The van der Waals surface area contributed by atoms with Crippen LogP contribution in [-0.4, -0.2) is 48.3 Å². The molecule has 4 atom stereocenters. The number of nitrogens with two attached hydrogens (primary N) is 1. The second-order valence-corrected chi connectivity index (χ2v) is 5.49. The molecule has 2 aromatic heterocycles. The fourth-order valence-electron chi connectivity index (χ4n) is 2.36. The van der Waals surface area contributed by atoms with Gasteiger partial charge in [-0.05, 0) is 0 Å². The summed E-state index contributed by atoms with van der Waals surface area (Å²) in [7, 11) is -2.73. The lowest BCUT2D eigenvalue weighted by Gasteiger charge is -2.16. The van der Waals surface area contributed by atoms with Crippen LogP contribution in [0.4, 0.5) is 5.95 Å². The largest absolute Gasteiger partial charge is 0.694 e. The van der Waals surface area contributed by atoms with Crippen LogP contribution >= 0.6 is 8.25 Å². The summed E-state index contributed by atoms with van der Waals surface area (Å²) in [6.07, 6.45) is -0.806. The number of H-pyrrole nitrogens is 1. The molecule has 1 fully saturated rings. The zero-order chi connectivity index (χ0) is 15.9. The second kappa shape index (κ2) is 5.71. The standard InChI is InChI=1S/C10H12N5O6P/c11-10-13-7-6(8(17)14-10)12-3-15(7)9-5(16)1-4(21-9)2-20-22(18)19/h3-5,9,16H,1-2H2,(H3-,11,13,14,17,18,19)/p+1/t4-,5+,9+/m1/s1. The van der Waals surface area contributed by atoms with Crippen molar-refractivity contribution in [3.05, 3.63) is 16.7 Å². The zero-order valence-electron chi connectivity index (χ0n) is 11.1. The Morgan fingerprint density at radius 3 is 3.14 bits per heavy atom. The molecule has 118 valence electrons. The lowest BCUT2D eigenvalue weighted by atomic mass is 10.2. The third-order valence-electron chi connectivity index (χ3n) is 3.26. The van der Waals surface area contributed by atoms with Crippen LogP contribution in [0.5, 0.6) is 0 Å². The zero-order valence-corrected chi connectivity index (χ0v) is 12.0. The van der Waals surface area contributed by atoms with Crippen LogP contribution in [0.25, 0.3) is 11.2 Å². The van der Waals surface area contributed by atoms with Crippen molar-refractivity contribution in [3.63, 3.8) is 0 Å². The summed E-state index contributed by atoms with van der Waals surface area (Å²) in [6, 6.07) is 0. The SMILES string of the molecule is Nc1nc2c(ncn2[C@H]2O[C@@H](CO[P+](=O)O)C[C@@H]2O)c(=O)[nH]1. The number of nitrogens with one attached hydrogen (secondary N) is 1.